The molecule has 2 aromatic rings. The molecule has 0 unspecified atom stereocenters. The van der Waals surface area contributed by atoms with Gasteiger partial charge in [0.05, 0.1) is 5.56 Å². The topological polar surface area (TPSA) is 161 Å². The quantitative estimate of drug-likeness (QED) is 0.244. The van der Waals surface area contributed by atoms with E-state index in [-0.39, 0.29) is 23.5 Å². The summed E-state index contributed by atoms with van der Waals surface area (Å²) in [5.74, 6) is -3.80. The van der Waals surface area contributed by atoms with Gasteiger partial charge in [0.2, 0.25) is 12.4 Å². The molecule has 13 heteroatoms. The number of halogens is 1. The molecule has 1 N–H and O–H groups in total. The fraction of sp³-hybridized carbons (Fsp3) is 0.393. The number of hydrogen-bond donors (Lipinski definition) is 1. The van der Waals surface area contributed by atoms with Crippen LogP contribution in [-0.2, 0) is 49.3 Å². The van der Waals surface area contributed by atoms with Crippen LogP contribution in [0, 0.1) is 0 Å². The second-order valence-corrected chi connectivity index (χ2v) is 9.53. The Labute approximate surface area is 240 Å². The molecule has 1 fully saturated rings. The highest BCUT2D eigenvalue weighted by Gasteiger charge is 2.53. The van der Waals surface area contributed by atoms with E-state index < -0.39 is 66.9 Å². The van der Waals surface area contributed by atoms with Crippen molar-refractivity contribution in [2.24, 2.45) is 0 Å². The second-order valence-electron chi connectivity index (χ2n) is 9.09. The van der Waals surface area contributed by atoms with Crippen LogP contribution in [0.5, 0.6) is 11.5 Å². The minimum Gasteiger partial charge on any atom is -0.507 e. The maximum atomic E-state index is 12.8. The predicted molar refractivity (Wildman–Crippen MR) is 140 cm³/mol. The van der Waals surface area contributed by atoms with Crippen molar-refractivity contribution in [3.8, 4) is 11.5 Å². The average Bonchev–Trinajstić information content (AvgIpc) is 2.87. The van der Waals surface area contributed by atoms with E-state index in [0.29, 0.717) is 10.6 Å². The molecule has 0 aliphatic carbocycles. The van der Waals surface area contributed by atoms with Gasteiger partial charge in [-0.1, -0.05) is 23.7 Å². The number of hydrogen-bond acceptors (Lipinski definition) is 12. The smallest absolute Gasteiger partial charge is 0.303 e. The summed E-state index contributed by atoms with van der Waals surface area (Å²) in [7, 11) is 0. The minimum atomic E-state index is -1.49. The minimum absolute atomic E-state index is 0.00459. The fourth-order valence-electron chi connectivity index (χ4n) is 4.12. The summed E-state index contributed by atoms with van der Waals surface area (Å²) < 4.78 is 32.8. The Hall–Kier alpha value is -4.16. The van der Waals surface area contributed by atoms with Gasteiger partial charge in [0.1, 0.15) is 24.2 Å². The third kappa shape index (κ3) is 8.92. The van der Waals surface area contributed by atoms with Gasteiger partial charge in [-0.25, -0.2) is 0 Å². The molecule has 0 bridgehead atoms. The summed E-state index contributed by atoms with van der Waals surface area (Å²) in [6.45, 7) is 4.03. The van der Waals surface area contributed by atoms with Crippen molar-refractivity contribution in [3.05, 3.63) is 58.6 Å². The molecule has 12 nitrogen and oxygen atoms in total. The lowest BCUT2D eigenvalue weighted by Crippen LogP contribution is -2.63. The molecule has 1 heterocycles. The molecule has 41 heavy (non-hydrogen) atoms. The molecule has 0 saturated carbocycles. The zero-order valence-electron chi connectivity index (χ0n) is 22.7. The number of rotatable bonds is 10. The lowest BCUT2D eigenvalue weighted by Gasteiger charge is -2.43. The highest BCUT2D eigenvalue weighted by atomic mass is 35.5. The van der Waals surface area contributed by atoms with E-state index >= 15 is 0 Å². The summed E-state index contributed by atoms with van der Waals surface area (Å²) in [6.07, 6.45) is -6.93. The van der Waals surface area contributed by atoms with E-state index in [4.69, 9.17) is 40.0 Å². The first kappa shape index (κ1) is 31.4. The normalized spacial score (nSPS) is 21.7. The zero-order valence-corrected chi connectivity index (χ0v) is 23.4. The third-order valence-corrected chi connectivity index (χ3v) is 6.00. The Balaban J connectivity index is 1.90. The monoisotopic (exact) mass is 592 g/mol. The molecule has 1 aliphatic heterocycles. The summed E-state index contributed by atoms with van der Waals surface area (Å²) in [5.41, 5.74) is 0.713. The third-order valence-electron chi connectivity index (χ3n) is 5.75. The molecule has 0 amide bonds. The van der Waals surface area contributed by atoms with Crippen molar-refractivity contribution >= 4 is 41.3 Å². The van der Waals surface area contributed by atoms with Crippen LogP contribution in [0.15, 0.2) is 42.5 Å². The highest BCUT2D eigenvalue weighted by Crippen LogP contribution is 2.33. The molecule has 0 radical (unpaired) electrons. The molecule has 2 aromatic carbocycles. The van der Waals surface area contributed by atoms with E-state index in [0.717, 1.165) is 33.8 Å². The Morgan fingerprint density at radius 1 is 0.805 bits per heavy atom. The van der Waals surface area contributed by atoms with Gasteiger partial charge in [0, 0.05) is 45.2 Å². The van der Waals surface area contributed by atoms with Gasteiger partial charge in [-0.3, -0.25) is 24.0 Å². The van der Waals surface area contributed by atoms with Crippen molar-refractivity contribution in [2.45, 2.75) is 64.8 Å². The van der Waals surface area contributed by atoms with Crippen molar-refractivity contribution in [1.82, 2.24) is 0 Å². The number of ether oxygens (including phenoxy) is 6. The Kier molecular flexibility index (Phi) is 10.7. The van der Waals surface area contributed by atoms with E-state index in [9.17, 15) is 29.1 Å². The number of esters is 4. The lowest BCUT2D eigenvalue weighted by molar-refractivity contribution is -0.288. The van der Waals surface area contributed by atoms with Gasteiger partial charge in [-0.15, -0.1) is 0 Å². The van der Waals surface area contributed by atoms with Gasteiger partial charge in [-0.05, 0) is 29.8 Å². The molecular weight excluding hydrogens is 564 g/mol. The SMILES string of the molecule is CC(=O)OC[C@H]1O[C@@H](Oc2ccc(C(=O)Cc3ccc(Cl)cc3)c(O)c2)[C@@H](OC(C)=O)[C@@H](OC(C)=O)[C@H]1OC(C)=O. The van der Waals surface area contributed by atoms with E-state index in [2.05, 4.69) is 0 Å². The van der Waals surface area contributed by atoms with Crippen LogP contribution in [0.2, 0.25) is 5.02 Å². The molecule has 5 atom stereocenters. The van der Waals surface area contributed by atoms with Gasteiger partial charge in [0.15, 0.2) is 18.0 Å². The maximum absolute atomic E-state index is 12.8. The summed E-state index contributed by atoms with van der Waals surface area (Å²) >= 11 is 5.89. The molecule has 0 aromatic heterocycles. The van der Waals surface area contributed by atoms with Crippen LogP contribution in [-0.4, -0.2) is 72.1 Å². The Morgan fingerprint density at radius 3 is 1.95 bits per heavy atom. The number of phenolic OH excluding ortho intramolecular Hbond substituents is 1. The van der Waals surface area contributed by atoms with Gasteiger partial charge >= 0.3 is 23.9 Å². The number of carbonyl (C=O) groups excluding carboxylic acids is 5. The maximum Gasteiger partial charge on any atom is 0.303 e. The van der Waals surface area contributed by atoms with Crippen LogP contribution < -0.4 is 4.74 Å². The number of ketones is 1. The summed E-state index contributed by atoms with van der Waals surface area (Å²) in [5, 5.41) is 11.1. The van der Waals surface area contributed by atoms with Crippen molar-refractivity contribution in [3.63, 3.8) is 0 Å². The first-order valence-corrected chi connectivity index (χ1v) is 12.8. The summed E-state index contributed by atoms with van der Waals surface area (Å²) in [6, 6.07) is 10.6. The lowest BCUT2D eigenvalue weighted by atomic mass is 9.98. The number of phenols is 1. The molecule has 220 valence electrons. The predicted octanol–water partition coefficient (Wildman–Crippen LogP) is 2.93. The zero-order chi connectivity index (χ0) is 30.3. The molecule has 3 rings (SSSR count). The van der Waals surface area contributed by atoms with Crippen LogP contribution in [0.4, 0.5) is 0 Å². The second kappa shape index (κ2) is 14.0. The molecule has 0 spiro atoms. The van der Waals surface area contributed by atoms with E-state index in [1.807, 2.05) is 0 Å². The molecular formula is C28H29ClO12. The van der Waals surface area contributed by atoms with Gasteiger partial charge < -0.3 is 33.5 Å². The first-order valence-electron chi connectivity index (χ1n) is 12.4. The van der Waals surface area contributed by atoms with Crippen LogP contribution in [0.25, 0.3) is 0 Å². The fourth-order valence-corrected chi connectivity index (χ4v) is 4.25. The van der Waals surface area contributed by atoms with Crippen LogP contribution in [0.1, 0.15) is 43.6 Å². The van der Waals surface area contributed by atoms with Crippen LogP contribution >= 0.6 is 11.6 Å². The number of carbonyl (C=O) groups is 5. The Morgan fingerprint density at radius 2 is 1.39 bits per heavy atom. The van der Waals surface area contributed by atoms with Crippen LogP contribution in [0.3, 0.4) is 0 Å². The summed E-state index contributed by atoms with van der Waals surface area (Å²) in [4.78, 5) is 60.1. The standard InChI is InChI=1S/C28H29ClO12/c1-14(30)36-13-24-25(37-15(2)31)26(38-16(3)32)27(39-17(4)33)28(41-24)40-20-9-10-21(23(35)12-20)22(34)11-18-5-7-19(29)8-6-18/h5-10,12,24-28,35H,11,13H2,1-4H3/t24-,25+,26+,27+,28-/m1/s1. The van der Waals surface area contributed by atoms with Gasteiger partial charge in [0.25, 0.3) is 0 Å². The van der Waals surface area contributed by atoms with Crippen molar-refractivity contribution in [2.75, 3.05) is 6.61 Å². The van der Waals surface area contributed by atoms with E-state index in [1.54, 1.807) is 24.3 Å². The number of benzene rings is 2. The van der Waals surface area contributed by atoms with E-state index in [1.165, 1.54) is 12.1 Å². The van der Waals surface area contributed by atoms with Gasteiger partial charge in [-0.2, -0.15) is 0 Å². The largest absolute Gasteiger partial charge is 0.507 e. The molecule has 1 aliphatic rings. The number of Topliss-reactive ketones (excluding diaryl/α,β-unsaturated/α-hetero) is 1. The Bertz CT molecular complexity index is 1290. The van der Waals surface area contributed by atoms with Crippen molar-refractivity contribution in [1.29, 1.82) is 0 Å². The first-order chi connectivity index (χ1) is 19.3. The number of aromatic hydroxyl groups is 1. The highest BCUT2D eigenvalue weighted by molar-refractivity contribution is 6.30. The molecule has 1 saturated heterocycles. The average molecular weight is 593 g/mol. The van der Waals surface area contributed by atoms with Crippen molar-refractivity contribution < 1.29 is 57.5 Å².